The molecule has 1 saturated heterocycles. The first kappa shape index (κ1) is 30.9. The Labute approximate surface area is 257 Å². The van der Waals surface area contributed by atoms with Crippen molar-refractivity contribution in [1.82, 2.24) is 4.90 Å². The van der Waals surface area contributed by atoms with Crippen LogP contribution in [0.3, 0.4) is 0 Å². The van der Waals surface area contributed by atoms with Gasteiger partial charge in [-0.05, 0) is 42.3 Å². The summed E-state index contributed by atoms with van der Waals surface area (Å²) < 4.78 is 30.3. The molecule has 0 bridgehead atoms. The highest BCUT2D eigenvalue weighted by atomic mass is 16.7. The number of methoxy groups -OCH3 is 2. The normalized spacial score (nSPS) is 19.0. The lowest BCUT2D eigenvalue weighted by Gasteiger charge is -2.29. The summed E-state index contributed by atoms with van der Waals surface area (Å²) in [4.78, 5) is 30.7. The number of benzene rings is 2. The number of ether oxygens (including phenoxy) is 5. The second-order valence-corrected chi connectivity index (χ2v) is 11.0. The first-order valence-electron chi connectivity index (χ1n) is 14.8. The van der Waals surface area contributed by atoms with Crippen LogP contribution < -0.4 is 33.2 Å². The van der Waals surface area contributed by atoms with E-state index in [1.807, 2.05) is 59.2 Å². The number of hydrogen-bond donors (Lipinski definition) is 1. The number of anilines is 1. The van der Waals surface area contributed by atoms with Crippen LogP contribution in [0.25, 0.3) is 0 Å². The Kier molecular flexibility index (Phi) is 9.74. The minimum absolute atomic E-state index is 0.0181. The largest absolute Gasteiger partial charge is 0.493 e. The number of aryl methyl sites for hydroxylation is 1. The van der Waals surface area contributed by atoms with Crippen LogP contribution in [0, 0.1) is 5.92 Å². The van der Waals surface area contributed by atoms with Gasteiger partial charge < -0.3 is 33.7 Å². The summed E-state index contributed by atoms with van der Waals surface area (Å²) >= 11 is 0. The van der Waals surface area contributed by atoms with Crippen LogP contribution in [0.1, 0.15) is 31.2 Å². The SMILES string of the molecule is CCCCN(C(=O)CN1C[C@H](c2cc(OC)c3c(c2)OCO3)C(C(=O)O)[C@@H]1COc1ccccc1OC)c1ccc[n+](C)c1. The van der Waals surface area contributed by atoms with Crippen LogP contribution in [0.5, 0.6) is 28.7 Å². The van der Waals surface area contributed by atoms with Gasteiger partial charge in [0, 0.05) is 25.1 Å². The van der Waals surface area contributed by atoms with Crippen molar-refractivity contribution in [3.05, 3.63) is 66.5 Å². The molecule has 1 fully saturated rings. The minimum Gasteiger partial charge on any atom is -0.493 e. The average Bonchev–Trinajstić information content (AvgIpc) is 3.64. The van der Waals surface area contributed by atoms with E-state index in [9.17, 15) is 14.7 Å². The van der Waals surface area contributed by atoms with Gasteiger partial charge in [0.05, 0.1) is 32.7 Å². The van der Waals surface area contributed by atoms with Crippen LogP contribution in [0.2, 0.25) is 0 Å². The Hall–Kier alpha value is -4.51. The van der Waals surface area contributed by atoms with E-state index in [0.717, 1.165) is 24.1 Å². The minimum atomic E-state index is -0.979. The molecule has 0 aliphatic carbocycles. The standard InChI is InChI=1S/C33H39N3O8/c1-5-6-14-36(23-10-9-13-34(2)17-23)30(37)19-35-18-24(22-15-28(41-4)32-29(16-22)43-21-44-32)31(33(38)39)25(35)20-42-27-12-8-7-11-26(27)40-3/h7-13,15-17,24-25,31H,5-6,14,18-21H2,1-4H3/p+1/t24-,25+,31?/m1/s1. The van der Waals surface area contributed by atoms with E-state index in [2.05, 4.69) is 6.92 Å². The van der Waals surface area contributed by atoms with Gasteiger partial charge in [-0.2, -0.15) is 0 Å². The number of carboxylic acid groups (broad SMARTS) is 1. The van der Waals surface area contributed by atoms with E-state index < -0.39 is 23.8 Å². The molecule has 3 aromatic rings. The number of para-hydroxylation sites is 2. The molecule has 0 spiro atoms. The van der Waals surface area contributed by atoms with Crippen molar-refractivity contribution in [1.29, 1.82) is 0 Å². The number of carboxylic acids is 1. The summed E-state index contributed by atoms with van der Waals surface area (Å²) in [5.41, 5.74) is 1.52. The summed E-state index contributed by atoms with van der Waals surface area (Å²) in [6.45, 7) is 3.07. The van der Waals surface area contributed by atoms with Gasteiger partial charge in [0.1, 0.15) is 19.3 Å². The fourth-order valence-corrected chi connectivity index (χ4v) is 6.02. The van der Waals surface area contributed by atoms with Crippen molar-refractivity contribution in [3.63, 3.8) is 0 Å². The van der Waals surface area contributed by atoms with Gasteiger partial charge in [0.25, 0.3) is 0 Å². The van der Waals surface area contributed by atoms with Crippen molar-refractivity contribution >= 4 is 17.6 Å². The highest BCUT2D eigenvalue weighted by Crippen LogP contribution is 2.47. The van der Waals surface area contributed by atoms with Crippen molar-refractivity contribution < 1.29 is 42.9 Å². The van der Waals surface area contributed by atoms with Gasteiger partial charge in [0.2, 0.25) is 18.4 Å². The van der Waals surface area contributed by atoms with E-state index >= 15 is 0 Å². The number of rotatable bonds is 13. The summed E-state index contributed by atoms with van der Waals surface area (Å²) in [6.07, 6.45) is 5.60. The third-order valence-electron chi connectivity index (χ3n) is 8.23. The number of nitrogens with zero attached hydrogens (tertiary/aromatic N) is 3. The van der Waals surface area contributed by atoms with Gasteiger partial charge in [-0.3, -0.25) is 14.5 Å². The third-order valence-corrected chi connectivity index (χ3v) is 8.23. The average molecular weight is 607 g/mol. The van der Waals surface area contributed by atoms with Crippen LogP contribution in [0.15, 0.2) is 60.9 Å². The molecule has 5 rings (SSSR count). The number of unbranched alkanes of at least 4 members (excludes halogenated alkanes) is 1. The first-order chi connectivity index (χ1) is 21.3. The van der Waals surface area contributed by atoms with E-state index in [1.165, 1.54) is 7.11 Å². The smallest absolute Gasteiger partial charge is 0.308 e. The summed E-state index contributed by atoms with van der Waals surface area (Å²) in [5.74, 6) is 0.0511. The molecule has 0 radical (unpaired) electrons. The molecule has 2 aliphatic heterocycles. The van der Waals surface area contributed by atoms with Gasteiger partial charge in [0.15, 0.2) is 35.4 Å². The highest BCUT2D eigenvalue weighted by Gasteiger charge is 2.48. The number of fused-ring (bicyclic) bond motifs is 1. The predicted molar refractivity (Wildman–Crippen MR) is 162 cm³/mol. The molecule has 1 amide bonds. The number of aliphatic carboxylic acids is 1. The Morgan fingerprint density at radius 3 is 2.55 bits per heavy atom. The Morgan fingerprint density at radius 2 is 1.84 bits per heavy atom. The predicted octanol–water partition coefficient (Wildman–Crippen LogP) is 3.64. The third kappa shape index (κ3) is 6.52. The first-order valence-corrected chi connectivity index (χ1v) is 14.8. The maximum atomic E-state index is 14.0. The van der Waals surface area contributed by atoms with Gasteiger partial charge >= 0.3 is 5.97 Å². The van der Waals surface area contributed by atoms with Gasteiger partial charge in [-0.15, -0.1) is 0 Å². The maximum Gasteiger partial charge on any atom is 0.308 e. The van der Waals surface area contributed by atoms with Crippen LogP contribution in [0.4, 0.5) is 5.69 Å². The molecule has 234 valence electrons. The number of aromatic nitrogens is 1. The van der Waals surface area contributed by atoms with Crippen LogP contribution >= 0.6 is 0 Å². The number of amides is 1. The number of likely N-dealkylation sites (tertiary alicyclic amines) is 1. The second-order valence-electron chi connectivity index (χ2n) is 11.0. The fraction of sp³-hybridized carbons (Fsp3) is 0.424. The van der Waals surface area contributed by atoms with Crippen molar-refractivity contribution in [2.24, 2.45) is 13.0 Å². The second kappa shape index (κ2) is 13.9. The molecule has 1 aromatic heterocycles. The molecule has 3 atom stereocenters. The zero-order valence-electron chi connectivity index (χ0n) is 25.6. The number of hydrogen-bond acceptors (Lipinski definition) is 8. The Morgan fingerprint density at radius 1 is 1.07 bits per heavy atom. The molecule has 11 heteroatoms. The fourth-order valence-electron chi connectivity index (χ4n) is 6.02. The Balaban J connectivity index is 1.49. The number of carbonyl (C=O) groups excluding carboxylic acids is 1. The molecule has 1 unspecified atom stereocenters. The molecular weight excluding hydrogens is 566 g/mol. The molecule has 2 aliphatic rings. The maximum absolute atomic E-state index is 14.0. The monoisotopic (exact) mass is 606 g/mol. The molecule has 11 nitrogen and oxygen atoms in total. The van der Waals surface area contributed by atoms with Crippen LogP contribution in [-0.4, -0.2) is 75.2 Å². The highest BCUT2D eigenvalue weighted by molar-refractivity contribution is 5.94. The van der Waals surface area contributed by atoms with E-state index in [0.29, 0.717) is 41.8 Å². The molecular formula is C33H40N3O8+. The van der Waals surface area contributed by atoms with Gasteiger partial charge in [-0.25, -0.2) is 4.57 Å². The van der Waals surface area contributed by atoms with Crippen molar-refractivity contribution in [3.8, 4) is 28.7 Å². The van der Waals surface area contributed by atoms with Crippen LogP contribution in [-0.2, 0) is 16.6 Å². The van der Waals surface area contributed by atoms with Crippen molar-refractivity contribution in [2.45, 2.75) is 31.7 Å². The lowest BCUT2D eigenvalue weighted by molar-refractivity contribution is -0.670. The Bertz CT molecular complexity index is 1480. The zero-order chi connectivity index (χ0) is 31.2. The van der Waals surface area contributed by atoms with Crippen molar-refractivity contribution in [2.75, 3.05) is 52.2 Å². The van der Waals surface area contributed by atoms with Gasteiger partial charge in [-0.1, -0.05) is 25.5 Å². The number of carbonyl (C=O) groups is 2. The van der Waals surface area contributed by atoms with E-state index in [-0.39, 0.29) is 25.9 Å². The lowest BCUT2D eigenvalue weighted by Crippen LogP contribution is -2.47. The summed E-state index contributed by atoms with van der Waals surface area (Å²) in [5, 5.41) is 10.6. The molecule has 3 heterocycles. The number of pyridine rings is 1. The summed E-state index contributed by atoms with van der Waals surface area (Å²) in [7, 11) is 5.01. The lowest BCUT2D eigenvalue weighted by atomic mass is 9.85. The molecule has 0 saturated carbocycles. The molecule has 44 heavy (non-hydrogen) atoms. The quantitative estimate of drug-likeness (QED) is 0.292. The van der Waals surface area contributed by atoms with E-state index in [4.69, 9.17) is 23.7 Å². The zero-order valence-corrected chi connectivity index (χ0v) is 25.6. The molecule has 2 aromatic carbocycles. The van der Waals surface area contributed by atoms with E-state index in [1.54, 1.807) is 30.2 Å². The topological polar surface area (TPSA) is 111 Å². The molecule has 1 N–H and O–H groups in total. The summed E-state index contributed by atoms with van der Waals surface area (Å²) in [6, 6.07) is 14.0.